The second-order valence-corrected chi connectivity index (χ2v) is 4.15. The zero-order valence-electron chi connectivity index (χ0n) is 10.9. The molecule has 0 fully saturated rings. The number of amides is 1. The molecule has 2 rings (SSSR count). The lowest BCUT2D eigenvalue weighted by Gasteiger charge is -2.06. The molecule has 6 heteroatoms. The number of carbonyl (C=O) groups excluding carboxylic acids is 2. The van der Waals surface area contributed by atoms with Crippen molar-refractivity contribution >= 4 is 23.0 Å². The lowest BCUT2D eigenvalue weighted by molar-refractivity contribution is -0.119. The summed E-state index contributed by atoms with van der Waals surface area (Å²) in [6, 6.07) is 4.52. The highest BCUT2D eigenvalue weighted by Crippen LogP contribution is 2.21. The van der Waals surface area contributed by atoms with Crippen molar-refractivity contribution in [2.24, 2.45) is 0 Å². The number of methoxy groups -OCH3 is 1. The first kappa shape index (κ1) is 13.1. The number of benzene rings is 1. The maximum atomic E-state index is 11.4. The van der Waals surface area contributed by atoms with E-state index >= 15 is 0 Å². The van der Waals surface area contributed by atoms with E-state index in [0.717, 1.165) is 0 Å². The van der Waals surface area contributed by atoms with E-state index in [1.165, 1.54) is 14.0 Å². The SMILES string of the molecule is COC(=O)c1ccc2oc(C(C)NC(C)=O)nc2c1. The molecule has 0 radical (unpaired) electrons. The van der Waals surface area contributed by atoms with Crippen LogP contribution in [-0.2, 0) is 9.53 Å². The lowest BCUT2D eigenvalue weighted by atomic mass is 10.2. The first-order valence-corrected chi connectivity index (χ1v) is 5.77. The van der Waals surface area contributed by atoms with Crippen molar-refractivity contribution < 1.29 is 18.7 Å². The maximum Gasteiger partial charge on any atom is 0.337 e. The molecule has 1 aromatic carbocycles. The third-order valence-electron chi connectivity index (χ3n) is 2.62. The van der Waals surface area contributed by atoms with Gasteiger partial charge in [0.25, 0.3) is 0 Å². The van der Waals surface area contributed by atoms with Gasteiger partial charge in [-0.15, -0.1) is 0 Å². The summed E-state index contributed by atoms with van der Waals surface area (Å²) in [7, 11) is 1.32. The standard InChI is InChI=1S/C13H14N2O4/c1-7(14-8(2)16)12-15-10-6-9(13(17)18-3)4-5-11(10)19-12/h4-7H,1-3H3,(H,14,16). The van der Waals surface area contributed by atoms with Gasteiger partial charge in [0.2, 0.25) is 11.8 Å². The number of nitrogens with zero attached hydrogens (tertiary/aromatic N) is 1. The Balaban J connectivity index is 2.35. The molecule has 1 atom stereocenters. The van der Waals surface area contributed by atoms with Crippen LogP contribution in [0, 0.1) is 0 Å². The molecule has 0 saturated heterocycles. The molecule has 2 aromatic rings. The van der Waals surface area contributed by atoms with Crippen LogP contribution in [0.4, 0.5) is 0 Å². The van der Waals surface area contributed by atoms with E-state index in [9.17, 15) is 9.59 Å². The van der Waals surface area contributed by atoms with Gasteiger partial charge in [-0.05, 0) is 25.1 Å². The molecule has 0 aliphatic heterocycles. The monoisotopic (exact) mass is 262 g/mol. The molecule has 1 aromatic heterocycles. The first-order valence-electron chi connectivity index (χ1n) is 5.77. The Morgan fingerprint density at radius 3 is 2.79 bits per heavy atom. The summed E-state index contributed by atoms with van der Waals surface area (Å²) in [5.74, 6) is -0.196. The Kier molecular flexibility index (Phi) is 3.50. The van der Waals surface area contributed by atoms with Gasteiger partial charge in [-0.2, -0.15) is 0 Å². The van der Waals surface area contributed by atoms with E-state index in [1.54, 1.807) is 25.1 Å². The fourth-order valence-corrected chi connectivity index (χ4v) is 1.74. The van der Waals surface area contributed by atoms with E-state index in [0.29, 0.717) is 22.6 Å². The van der Waals surface area contributed by atoms with E-state index in [1.807, 2.05) is 0 Å². The minimum atomic E-state index is -0.429. The number of oxazole rings is 1. The maximum absolute atomic E-state index is 11.4. The number of carbonyl (C=O) groups is 2. The Morgan fingerprint density at radius 2 is 2.16 bits per heavy atom. The third-order valence-corrected chi connectivity index (χ3v) is 2.62. The zero-order valence-corrected chi connectivity index (χ0v) is 10.9. The average Bonchev–Trinajstić information content (AvgIpc) is 2.79. The summed E-state index contributed by atoms with van der Waals surface area (Å²) in [4.78, 5) is 26.6. The van der Waals surface area contributed by atoms with Crippen molar-refractivity contribution in [3.8, 4) is 0 Å². The van der Waals surface area contributed by atoms with Crippen LogP contribution in [0.2, 0.25) is 0 Å². The van der Waals surface area contributed by atoms with Crippen molar-refractivity contribution in [2.75, 3.05) is 7.11 Å². The molecule has 100 valence electrons. The van der Waals surface area contributed by atoms with E-state index in [-0.39, 0.29) is 11.9 Å². The van der Waals surface area contributed by atoms with Gasteiger partial charge in [0, 0.05) is 6.92 Å². The molecule has 1 heterocycles. The van der Waals surface area contributed by atoms with Crippen molar-refractivity contribution in [3.05, 3.63) is 29.7 Å². The highest BCUT2D eigenvalue weighted by molar-refractivity contribution is 5.93. The summed E-state index contributed by atoms with van der Waals surface area (Å²) in [5.41, 5.74) is 1.51. The molecular weight excluding hydrogens is 248 g/mol. The zero-order chi connectivity index (χ0) is 14.0. The summed E-state index contributed by atoms with van der Waals surface area (Å²) < 4.78 is 10.2. The highest BCUT2D eigenvalue weighted by atomic mass is 16.5. The predicted molar refractivity (Wildman–Crippen MR) is 67.6 cm³/mol. The minimum Gasteiger partial charge on any atom is -0.465 e. The van der Waals surface area contributed by atoms with Crippen molar-refractivity contribution in [1.29, 1.82) is 0 Å². The minimum absolute atomic E-state index is 0.162. The molecule has 1 unspecified atom stereocenters. The topological polar surface area (TPSA) is 81.4 Å². The molecule has 0 bridgehead atoms. The van der Waals surface area contributed by atoms with Gasteiger partial charge in [-0.3, -0.25) is 4.79 Å². The largest absolute Gasteiger partial charge is 0.465 e. The van der Waals surface area contributed by atoms with Gasteiger partial charge >= 0.3 is 5.97 Å². The Bertz CT molecular complexity index is 633. The van der Waals surface area contributed by atoms with Gasteiger partial charge < -0.3 is 14.5 Å². The number of rotatable bonds is 3. The summed E-state index contributed by atoms with van der Waals surface area (Å²) in [6.45, 7) is 3.20. The van der Waals surface area contributed by atoms with Gasteiger partial charge in [0.15, 0.2) is 5.58 Å². The Labute approximate surface area is 109 Å². The van der Waals surface area contributed by atoms with Crippen molar-refractivity contribution in [3.63, 3.8) is 0 Å². The van der Waals surface area contributed by atoms with Crippen molar-refractivity contribution in [2.45, 2.75) is 19.9 Å². The van der Waals surface area contributed by atoms with Crippen LogP contribution in [-0.4, -0.2) is 24.0 Å². The smallest absolute Gasteiger partial charge is 0.337 e. The molecule has 0 aliphatic carbocycles. The van der Waals surface area contributed by atoms with E-state index in [4.69, 9.17) is 4.42 Å². The quantitative estimate of drug-likeness (QED) is 0.853. The first-order chi connectivity index (χ1) is 9.01. The van der Waals surface area contributed by atoms with Gasteiger partial charge in [-0.1, -0.05) is 0 Å². The second-order valence-electron chi connectivity index (χ2n) is 4.15. The van der Waals surface area contributed by atoms with E-state index < -0.39 is 5.97 Å². The van der Waals surface area contributed by atoms with Gasteiger partial charge in [-0.25, -0.2) is 9.78 Å². The summed E-state index contributed by atoms with van der Waals surface area (Å²) in [5, 5.41) is 2.68. The molecule has 19 heavy (non-hydrogen) atoms. The fourth-order valence-electron chi connectivity index (χ4n) is 1.74. The van der Waals surface area contributed by atoms with Crippen LogP contribution >= 0.6 is 0 Å². The Morgan fingerprint density at radius 1 is 1.42 bits per heavy atom. The summed E-state index contributed by atoms with van der Waals surface area (Å²) >= 11 is 0. The van der Waals surface area contributed by atoms with Crippen LogP contribution in [0.25, 0.3) is 11.1 Å². The average molecular weight is 262 g/mol. The number of aromatic nitrogens is 1. The third kappa shape index (κ3) is 2.73. The predicted octanol–water partition coefficient (Wildman–Crippen LogP) is 1.81. The van der Waals surface area contributed by atoms with Gasteiger partial charge in [0.05, 0.1) is 12.7 Å². The van der Waals surface area contributed by atoms with Crippen LogP contribution in [0.15, 0.2) is 22.6 Å². The second kappa shape index (κ2) is 5.09. The fraction of sp³-hybridized carbons (Fsp3) is 0.308. The molecule has 1 N–H and O–H groups in total. The summed E-state index contributed by atoms with van der Waals surface area (Å²) in [6.07, 6.45) is 0. The number of hydrogen-bond acceptors (Lipinski definition) is 5. The van der Waals surface area contributed by atoms with Crippen molar-refractivity contribution in [1.82, 2.24) is 10.3 Å². The number of fused-ring (bicyclic) bond motifs is 1. The molecule has 6 nitrogen and oxygen atoms in total. The molecule has 1 amide bonds. The van der Waals surface area contributed by atoms with Crippen LogP contribution in [0.5, 0.6) is 0 Å². The number of ether oxygens (including phenoxy) is 1. The van der Waals surface area contributed by atoms with Crippen LogP contribution < -0.4 is 5.32 Å². The Hall–Kier alpha value is -2.37. The van der Waals surface area contributed by atoms with E-state index in [2.05, 4.69) is 15.0 Å². The van der Waals surface area contributed by atoms with Gasteiger partial charge in [0.1, 0.15) is 11.6 Å². The highest BCUT2D eigenvalue weighted by Gasteiger charge is 2.15. The molecule has 0 spiro atoms. The normalized spacial score (nSPS) is 12.2. The van der Waals surface area contributed by atoms with Crippen LogP contribution in [0.3, 0.4) is 0 Å². The molecular formula is C13H14N2O4. The number of nitrogens with one attached hydrogen (secondary N) is 1. The number of esters is 1. The van der Waals surface area contributed by atoms with Crippen LogP contribution in [0.1, 0.15) is 36.1 Å². The lowest BCUT2D eigenvalue weighted by Crippen LogP contribution is -2.23. The number of hydrogen-bond donors (Lipinski definition) is 1. The molecule has 0 saturated carbocycles. The molecule has 0 aliphatic rings.